The van der Waals surface area contributed by atoms with Gasteiger partial charge in [0.2, 0.25) is 0 Å². The second kappa shape index (κ2) is 4.55. The van der Waals surface area contributed by atoms with Gasteiger partial charge in [0.25, 0.3) is 5.91 Å². The number of rotatable bonds is 4. The number of primary amides is 1. The number of hydrogen-bond acceptors (Lipinski definition) is 4. The van der Waals surface area contributed by atoms with Crippen LogP contribution in [0.2, 0.25) is 0 Å². The molecule has 76 valence electrons. The van der Waals surface area contributed by atoms with E-state index in [1.165, 1.54) is 0 Å². The first kappa shape index (κ1) is 10.4. The molecular formula is C9H14N4O. The highest BCUT2D eigenvalue weighted by molar-refractivity contribution is 5.95. The minimum atomic E-state index is -0.556. The zero-order chi connectivity index (χ0) is 10.6. The highest BCUT2D eigenvalue weighted by Crippen LogP contribution is 2.09. The average Bonchev–Trinajstić information content (AvgIpc) is 2.18. The molecule has 3 N–H and O–H groups in total. The molecule has 0 aromatic carbocycles. The Morgan fingerprint density at radius 2 is 2.36 bits per heavy atom. The maximum absolute atomic E-state index is 11.0. The maximum Gasteiger partial charge on any atom is 0.271 e. The van der Waals surface area contributed by atoms with Crippen LogP contribution >= 0.6 is 0 Å². The van der Waals surface area contributed by atoms with Gasteiger partial charge in [-0.05, 0) is 6.42 Å². The van der Waals surface area contributed by atoms with E-state index in [-0.39, 0.29) is 5.69 Å². The highest BCUT2D eigenvalue weighted by atomic mass is 16.1. The zero-order valence-corrected chi connectivity index (χ0v) is 8.37. The van der Waals surface area contributed by atoms with Gasteiger partial charge in [-0.15, -0.1) is 0 Å². The van der Waals surface area contributed by atoms with Gasteiger partial charge >= 0.3 is 0 Å². The largest absolute Gasteiger partial charge is 0.371 e. The smallest absolute Gasteiger partial charge is 0.271 e. The molecule has 0 spiro atoms. The Balaban J connectivity index is 3.07. The average molecular weight is 194 g/mol. The molecule has 0 aliphatic rings. The van der Waals surface area contributed by atoms with Crippen LogP contribution in [0.1, 0.15) is 29.5 Å². The number of hydrogen-bond donors (Lipinski definition) is 2. The summed E-state index contributed by atoms with van der Waals surface area (Å²) in [6, 6.07) is 0. The summed E-state index contributed by atoms with van der Waals surface area (Å²) in [6.07, 6.45) is 3.42. The quantitative estimate of drug-likeness (QED) is 0.734. The van der Waals surface area contributed by atoms with Gasteiger partial charge in [-0.2, -0.15) is 0 Å². The summed E-state index contributed by atoms with van der Waals surface area (Å²) >= 11 is 0. The summed E-state index contributed by atoms with van der Waals surface area (Å²) in [6.45, 7) is 2.04. The third-order valence-corrected chi connectivity index (χ3v) is 1.80. The number of nitrogens with one attached hydrogen (secondary N) is 1. The van der Waals surface area contributed by atoms with Crippen molar-refractivity contribution in [1.29, 1.82) is 0 Å². The molecular weight excluding hydrogens is 180 g/mol. The van der Waals surface area contributed by atoms with Crippen molar-refractivity contribution >= 4 is 11.7 Å². The van der Waals surface area contributed by atoms with Gasteiger partial charge in [-0.25, -0.2) is 9.97 Å². The molecule has 1 aromatic rings. The van der Waals surface area contributed by atoms with Crippen molar-refractivity contribution in [2.24, 2.45) is 5.73 Å². The lowest BCUT2D eigenvalue weighted by atomic mass is 10.2. The molecule has 0 fully saturated rings. The number of amides is 1. The second-order valence-electron chi connectivity index (χ2n) is 2.92. The van der Waals surface area contributed by atoms with Crippen LogP contribution < -0.4 is 11.1 Å². The Hall–Kier alpha value is -1.65. The zero-order valence-electron chi connectivity index (χ0n) is 8.37. The normalized spacial score (nSPS) is 9.86. The van der Waals surface area contributed by atoms with Crippen LogP contribution in [0, 0.1) is 0 Å². The van der Waals surface area contributed by atoms with Gasteiger partial charge in [0.1, 0.15) is 0 Å². The second-order valence-corrected chi connectivity index (χ2v) is 2.92. The Bertz CT molecular complexity index is 338. The first-order valence-corrected chi connectivity index (χ1v) is 4.52. The number of carbonyl (C=O) groups is 1. The van der Waals surface area contributed by atoms with Crippen molar-refractivity contribution in [2.45, 2.75) is 19.8 Å². The fourth-order valence-electron chi connectivity index (χ4n) is 1.16. The van der Waals surface area contributed by atoms with Crippen molar-refractivity contribution in [3.8, 4) is 0 Å². The van der Waals surface area contributed by atoms with Crippen LogP contribution in [-0.4, -0.2) is 22.9 Å². The molecule has 5 nitrogen and oxygen atoms in total. The Kier molecular flexibility index (Phi) is 3.39. The Labute approximate surface area is 82.7 Å². The summed E-state index contributed by atoms with van der Waals surface area (Å²) in [5, 5.41) is 2.77. The minimum absolute atomic E-state index is 0.207. The molecule has 0 aliphatic heterocycles. The predicted molar refractivity (Wildman–Crippen MR) is 54.1 cm³/mol. The van der Waals surface area contributed by atoms with Gasteiger partial charge in [0.15, 0.2) is 11.5 Å². The number of anilines is 1. The molecule has 0 bridgehead atoms. The monoisotopic (exact) mass is 194 g/mol. The first-order chi connectivity index (χ1) is 6.69. The topological polar surface area (TPSA) is 80.9 Å². The van der Waals surface area contributed by atoms with Crippen LogP contribution in [0.4, 0.5) is 5.82 Å². The summed E-state index contributed by atoms with van der Waals surface area (Å²) < 4.78 is 0. The van der Waals surface area contributed by atoms with E-state index < -0.39 is 5.91 Å². The summed E-state index contributed by atoms with van der Waals surface area (Å²) in [7, 11) is 1.68. The number of aryl methyl sites for hydroxylation is 1. The molecule has 0 radical (unpaired) electrons. The predicted octanol–water partition coefficient (Wildman–Crippen LogP) is 0.570. The molecule has 1 amide bonds. The van der Waals surface area contributed by atoms with Gasteiger partial charge in [-0.1, -0.05) is 13.3 Å². The SMILES string of the molecule is CCCc1cnc(NC)c(C(N)=O)n1. The number of carbonyl (C=O) groups excluding carboxylic acids is 1. The van der Waals surface area contributed by atoms with Crippen molar-refractivity contribution in [3.05, 3.63) is 17.6 Å². The lowest BCUT2D eigenvalue weighted by molar-refractivity contribution is 0.0996. The van der Waals surface area contributed by atoms with Gasteiger partial charge in [0, 0.05) is 7.05 Å². The van der Waals surface area contributed by atoms with Crippen LogP contribution in [0.3, 0.4) is 0 Å². The van der Waals surface area contributed by atoms with E-state index in [0.717, 1.165) is 18.5 Å². The molecule has 0 saturated heterocycles. The van der Waals surface area contributed by atoms with E-state index >= 15 is 0 Å². The number of aromatic nitrogens is 2. The van der Waals surface area contributed by atoms with E-state index in [0.29, 0.717) is 5.82 Å². The molecule has 1 heterocycles. The Morgan fingerprint density at radius 1 is 1.64 bits per heavy atom. The Morgan fingerprint density at radius 3 is 2.86 bits per heavy atom. The third kappa shape index (κ3) is 2.18. The third-order valence-electron chi connectivity index (χ3n) is 1.80. The van der Waals surface area contributed by atoms with Crippen molar-refractivity contribution < 1.29 is 4.79 Å². The summed E-state index contributed by atoms with van der Waals surface area (Å²) in [5.41, 5.74) is 6.17. The van der Waals surface area contributed by atoms with Crippen molar-refractivity contribution in [1.82, 2.24) is 9.97 Å². The fourth-order valence-corrected chi connectivity index (χ4v) is 1.16. The lowest BCUT2D eigenvalue weighted by Crippen LogP contribution is -2.17. The molecule has 14 heavy (non-hydrogen) atoms. The van der Waals surface area contributed by atoms with Gasteiger partial charge < -0.3 is 11.1 Å². The van der Waals surface area contributed by atoms with Crippen LogP contribution in [0.15, 0.2) is 6.20 Å². The molecule has 0 aliphatic carbocycles. The van der Waals surface area contributed by atoms with Crippen LogP contribution in [0.25, 0.3) is 0 Å². The van der Waals surface area contributed by atoms with Gasteiger partial charge in [-0.3, -0.25) is 4.79 Å². The van der Waals surface area contributed by atoms with Crippen LogP contribution in [-0.2, 0) is 6.42 Å². The van der Waals surface area contributed by atoms with E-state index in [1.807, 2.05) is 6.92 Å². The minimum Gasteiger partial charge on any atom is -0.371 e. The molecule has 0 unspecified atom stereocenters. The summed E-state index contributed by atoms with van der Waals surface area (Å²) in [5.74, 6) is -0.128. The molecule has 0 atom stereocenters. The van der Waals surface area contributed by atoms with Crippen molar-refractivity contribution in [2.75, 3.05) is 12.4 Å². The molecule has 0 saturated carbocycles. The lowest BCUT2D eigenvalue weighted by Gasteiger charge is -2.05. The molecule has 1 rings (SSSR count). The standard InChI is InChI=1S/C9H14N4O/c1-3-4-6-5-12-9(11-2)7(13-6)8(10)14/h5H,3-4H2,1-2H3,(H2,10,14)(H,11,12). The molecule has 1 aromatic heterocycles. The maximum atomic E-state index is 11.0. The molecule has 5 heteroatoms. The fraction of sp³-hybridized carbons (Fsp3) is 0.444. The van der Waals surface area contributed by atoms with Gasteiger partial charge in [0.05, 0.1) is 11.9 Å². The summed E-state index contributed by atoms with van der Waals surface area (Å²) in [4.78, 5) is 19.2. The highest BCUT2D eigenvalue weighted by Gasteiger charge is 2.10. The van der Waals surface area contributed by atoms with E-state index in [2.05, 4.69) is 15.3 Å². The van der Waals surface area contributed by atoms with Crippen molar-refractivity contribution in [3.63, 3.8) is 0 Å². The number of nitrogens with zero attached hydrogens (tertiary/aromatic N) is 2. The number of nitrogens with two attached hydrogens (primary N) is 1. The van der Waals surface area contributed by atoms with E-state index in [9.17, 15) is 4.79 Å². The van der Waals surface area contributed by atoms with E-state index in [4.69, 9.17) is 5.73 Å². The van der Waals surface area contributed by atoms with Crippen LogP contribution in [0.5, 0.6) is 0 Å². The first-order valence-electron chi connectivity index (χ1n) is 4.52. The van der Waals surface area contributed by atoms with E-state index in [1.54, 1.807) is 13.2 Å².